The van der Waals surface area contributed by atoms with E-state index in [9.17, 15) is 4.39 Å². The molecule has 0 saturated carbocycles. The molecular weight excluding hydrogens is 279 g/mol. The lowest BCUT2D eigenvalue weighted by molar-refractivity contribution is 0.620. The van der Waals surface area contributed by atoms with Crippen LogP contribution < -0.4 is 0 Å². The summed E-state index contributed by atoms with van der Waals surface area (Å²) in [6, 6.07) is 5.46. The van der Waals surface area contributed by atoms with Crippen LogP contribution in [0.1, 0.15) is 16.0 Å². The van der Waals surface area contributed by atoms with E-state index in [0.717, 1.165) is 17.6 Å². The van der Waals surface area contributed by atoms with E-state index in [1.165, 1.54) is 16.5 Å². The number of thiophene rings is 1. The second-order valence-electron chi connectivity index (χ2n) is 4.66. The Hall–Kier alpha value is -1.46. The Morgan fingerprint density at radius 3 is 2.79 bits per heavy atom. The predicted octanol–water partition coefficient (Wildman–Crippen LogP) is 4.56. The van der Waals surface area contributed by atoms with E-state index in [1.807, 2.05) is 10.6 Å². The molecule has 3 aromatic rings. The molecule has 0 saturated heterocycles. The highest BCUT2D eigenvalue weighted by molar-refractivity contribution is 7.71. The SMILES string of the molecule is Cc1cc2c(cc1F)[nH]c(=S)n2Cc1sccc1C. The van der Waals surface area contributed by atoms with Crippen molar-refractivity contribution in [2.75, 3.05) is 0 Å². The van der Waals surface area contributed by atoms with Crippen LogP contribution in [0.2, 0.25) is 0 Å². The number of halogens is 1. The highest BCUT2D eigenvalue weighted by Crippen LogP contribution is 2.23. The number of hydrogen-bond donors (Lipinski definition) is 1. The van der Waals surface area contributed by atoms with Crippen molar-refractivity contribution >= 4 is 34.6 Å². The molecule has 19 heavy (non-hydrogen) atoms. The van der Waals surface area contributed by atoms with Gasteiger partial charge in [0.05, 0.1) is 17.6 Å². The largest absolute Gasteiger partial charge is 0.330 e. The van der Waals surface area contributed by atoms with Crippen LogP contribution in [0.15, 0.2) is 23.6 Å². The summed E-state index contributed by atoms with van der Waals surface area (Å²) in [7, 11) is 0. The summed E-state index contributed by atoms with van der Waals surface area (Å²) in [4.78, 5) is 4.35. The maximum Gasteiger partial charge on any atom is 0.178 e. The Bertz CT molecular complexity index is 811. The van der Waals surface area contributed by atoms with E-state index >= 15 is 0 Å². The molecule has 1 aromatic carbocycles. The molecule has 0 spiro atoms. The van der Waals surface area contributed by atoms with Gasteiger partial charge in [-0.25, -0.2) is 4.39 Å². The highest BCUT2D eigenvalue weighted by atomic mass is 32.1. The molecule has 2 aromatic heterocycles. The summed E-state index contributed by atoms with van der Waals surface area (Å²) < 4.78 is 16.2. The Balaban J connectivity index is 2.18. The van der Waals surface area contributed by atoms with Gasteiger partial charge in [-0.2, -0.15) is 0 Å². The third-order valence-electron chi connectivity index (χ3n) is 3.32. The van der Waals surface area contributed by atoms with Crippen molar-refractivity contribution in [3.8, 4) is 0 Å². The first-order valence-corrected chi connectivity index (χ1v) is 7.26. The number of rotatable bonds is 2. The zero-order chi connectivity index (χ0) is 13.6. The third kappa shape index (κ3) is 2.13. The van der Waals surface area contributed by atoms with Crippen LogP contribution in [-0.4, -0.2) is 9.55 Å². The van der Waals surface area contributed by atoms with Crippen molar-refractivity contribution in [2.24, 2.45) is 0 Å². The Morgan fingerprint density at radius 2 is 2.11 bits per heavy atom. The fourth-order valence-electron chi connectivity index (χ4n) is 2.15. The van der Waals surface area contributed by atoms with Gasteiger partial charge in [0.15, 0.2) is 4.77 Å². The summed E-state index contributed by atoms with van der Waals surface area (Å²) in [5, 5.41) is 2.08. The number of benzene rings is 1. The summed E-state index contributed by atoms with van der Waals surface area (Å²) in [5.74, 6) is -0.205. The Kier molecular flexibility index (Phi) is 3.03. The first kappa shape index (κ1) is 12.6. The molecule has 0 atom stereocenters. The number of nitrogens with zero attached hydrogens (tertiary/aromatic N) is 1. The number of hydrogen-bond acceptors (Lipinski definition) is 2. The van der Waals surface area contributed by atoms with Gasteiger partial charge in [-0.1, -0.05) is 0 Å². The van der Waals surface area contributed by atoms with Crippen LogP contribution in [0, 0.1) is 24.4 Å². The molecule has 1 N–H and O–H groups in total. The average molecular weight is 292 g/mol. The topological polar surface area (TPSA) is 20.7 Å². The summed E-state index contributed by atoms with van der Waals surface area (Å²) in [6.07, 6.45) is 0. The van der Waals surface area contributed by atoms with Gasteiger partial charge < -0.3 is 9.55 Å². The van der Waals surface area contributed by atoms with Crippen LogP contribution >= 0.6 is 23.6 Å². The van der Waals surface area contributed by atoms with E-state index < -0.39 is 0 Å². The third-order valence-corrected chi connectivity index (χ3v) is 4.65. The molecule has 0 aliphatic carbocycles. The lowest BCUT2D eigenvalue weighted by atomic mass is 10.2. The van der Waals surface area contributed by atoms with Gasteiger partial charge in [0.2, 0.25) is 0 Å². The molecule has 0 aliphatic rings. The number of imidazole rings is 1. The zero-order valence-corrected chi connectivity index (χ0v) is 12.3. The van der Waals surface area contributed by atoms with Crippen molar-refractivity contribution in [1.29, 1.82) is 0 Å². The molecule has 0 fully saturated rings. The Labute approximate surface area is 119 Å². The minimum absolute atomic E-state index is 0.205. The quantitative estimate of drug-likeness (QED) is 0.686. The van der Waals surface area contributed by atoms with E-state index in [4.69, 9.17) is 12.2 Å². The molecule has 3 rings (SSSR count). The van der Waals surface area contributed by atoms with Gasteiger partial charge in [-0.3, -0.25) is 0 Å². The van der Waals surface area contributed by atoms with E-state index in [0.29, 0.717) is 10.3 Å². The van der Waals surface area contributed by atoms with Crippen molar-refractivity contribution in [3.05, 3.63) is 50.2 Å². The standard InChI is InChI=1S/C14H13FN2S2/c1-8-3-4-19-13(8)7-17-12-5-9(2)10(15)6-11(12)16-14(17)18/h3-6H,7H2,1-2H3,(H,16,18). The molecule has 0 bridgehead atoms. The molecule has 2 nitrogen and oxygen atoms in total. The van der Waals surface area contributed by atoms with Crippen molar-refractivity contribution in [3.63, 3.8) is 0 Å². The van der Waals surface area contributed by atoms with Gasteiger partial charge in [-0.05, 0) is 60.8 Å². The van der Waals surface area contributed by atoms with Crippen LogP contribution in [0.25, 0.3) is 11.0 Å². The summed E-state index contributed by atoms with van der Waals surface area (Å²) in [6.45, 7) is 4.59. The second kappa shape index (κ2) is 4.58. The first-order chi connectivity index (χ1) is 9.06. The van der Waals surface area contributed by atoms with Crippen LogP contribution in [0.5, 0.6) is 0 Å². The number of fused-ring (bicyclic) bond motifs is 1. The molecule has 0 amide bonds. The maximum absolute atomic E-state index is 13.6. The Morgan fingerprint density at radius 1 is 1.32 bits per heavy atom. The van der Waals surface area contributed by atoms with Gasteiger partial charge in [0.1, 0.15) is 5.82 Å². The minimum atomic E-state index is -0.205. The molecule has 0 aliphatic heterocycles. The van der Waals surface area contributed by atoms with Crippen molar-refractivity contribution in [2.45, 2.75) is 20.4 Å². The molecule has 0 unspecified atom stereocenters. The number of H-pyrrole nitrogens is 1. The van der Waals surface area contributed by atoms with E-state index in [1.54, 1.807) is 18.3 Å². The summed E-state index contributed by atoms with van der Waals surface area (Å²) >= 11 is 7.06. The smallest absolute Gasteiger partial charge is 0.178 e. The summed E-state index contributed by atoms with van der Waals surface area (Å²) in [5.41, 5.74) is 3.61. The van der Waals surface area contributed by atoms with Gasteiger partial charge >= 0.3 is 0 Å². The highest BCUT2D eigenvalue weighted by Gasteiger charge is 2.10. The van der Waals surface area contributed by atoms with Crippen LogP contribution in [0.3, 0.4) is 0 Å². The van der Waals surface area contributed by atoms with E-state index in [2.05, 4.69) is 23.4 Å². The predicted molar refractivity (Wildman–Crippen MR) is 80.0 cm³/mol. The monoisotopic (exact) mass is 292 g/mol. The fourth-order valence-corrected chi connectivity index (χ4v) is 3.32. The first-order valence-electron chi connectivity index (χ1n) is 5.98. The molecule has 98 valence electrons. The van der Waals surface area contributed by atoms with Crippen LogP contribution in [0.4, 0.5) is 4.39 Å². The normalized spacial score (nSPS) is 11.3. The van der Waals surface area contributed by atoms with Gasteiger partial charge in [-0.15, -0.1) is 11.3 Å². The second-order valence-corrected chi connectivity index (χ2v) is 6.05. The fraction of sp³-hybridized carbons (Fsp3) is 0.214. The number of aromatic nitrogens is 2. The van der Waals surface area contributed by atoms with Crippen molar-refractivity contribution < 1.29 is 4.39 Å². The number of aromatic amines is 1. The average Bonchev–Trinajstić information content (AvgIpc) is 2.88. The van der Waals surface area contributed by atoms with Crippen molar-refractivity contribution in [1.82, 2.24) is 9.55 Å². The van der Waals surface area contributed by atoms with E-state index in [-0.39, 0.29) is 5.82 Å². The number of aryl methyl sites for hydroxylation is 2. The number of nitrogens with one attached hydrogen (secondary N) is 1. The molecule has 0 radical (unpaired) electrons. The zero-order valence-electron chi connectivity index (χ0n) is 10.7. The molecule has 2 heterocycles. The minimum Gasteiger partial charge on any atom is -0.330 e. The van der Waals surface area contributed by atoms with Gasteiger partial charge in [0, 0.05) is 4.88 Å². The van der Waals surface area contributed by atoms with Crippen LogP contribution in [-0.2, 0) is 6.54 Å². The van der Waals surface area contributed by atoms with Gasteiger partial charge in [0.25, 0.3) is 0 Å². The lowest BCUT2D eigenvalue weighted by Crippen LogP contribution is -1.99. The maximum atomic E-state index is 13.6. The lowest BCUT2D eigenvalue weighted by Gasteiger charge is -2.05. The molecule has 5 heteroatoms. The molecular formula is C14H13FN2S2.